The molecule has 0 aromatic heterocycles. The second-order valence-corrected chi connectivity index (χ2v) is 6.05. The molecule has 0 radical (unpaired) electrons. The van der Waals surface area contributed by atoms with E-state index in [9.17, 15) is 4.79 Å². The summed E-state index contributed by atoms with van der Waals surface area (Å²) >= 11 is 0. The van der Waals surface area contributed by atoms with Gasteiger partial charge in [0, 0.05) is 18.5 Å². The number of nitrogens with two attached hydrogens (primary N) is 1. The minimum absolute atomic E-state index is 0.0116. The maximum Gasteiger partial charge on any atom is 0.223 e. The van der Waals surface area contributed by atoms with Gasteiger partial charge in [0.25, 0.3) is 0 Å². The molecule has 0 spiro atoms. The molecule has 1 aliphatic rings. The topological polar surface area (TPSA) is 55.1 Å². The van der Waals surface area contributed by atoms with Crippen molar-refractivity contribution in [2.45, 2.75) is 53.0 Å². The van der Waals surface area contributed by atoms with Crippen LogP contribution in [0.4, 0.5) is 0 Å². The van der Waals surface area contributed by atoms with Crippen molar-refractivity contribution in [2.24, 2.45) is 23.0 Å². The molecule has 0 aliphatic heterocycles. The van der Waals surface area contributed by atoms with E-state index in [-0.39, 0.29) is 23.3 Å². The molecule has 0 aromatic rings. The zero-order chi connectivity index (χ0) is 13.8. The van der Waals surface area contributed by atoms with E-state index in [1.54, 1.807) is 0 Å². The Hall–Kier alpha value is -0.830. The molecule has 0 bridgehead atoms. The van der Waals surface area contributed by atoms with Gasteiger partial charge in [0.2, 0.25) is 5.91 Å². The molecule has 1 rings (SSSR count). The average Bonchev–Trinajstić information content (AvgIpc) is 2.31. The molecule has 0 saturated heterocycles. The molecule has 18 heavy (non-hydrogen) atoms. The Kier molecular flexibility index (Phi) is 5.39. The lowest BCUT2D eigenvalue weighted by Gasteiger charge is -2.46. The third-order valence-corrected chi connectivity index (χ3v) is 4.67. The fourth-order valence-corrected chi connectivity index (χ4v) is 2.89. The second kappa shape index (κ2) is 6.37. The van der Waals surface area contributed by atoms with Gasteiger partial charge in [-0.05, 0) is 37.5 Å². The van der Waals surface area contributed by atoms with E-state index in [1.807, 2.05) is 13.0 Å². The van der Waals surface area contributed by atoms with Crippen LogP contribution in [0.15, 0.2) is 12.2 Å². The molecule has 104 valence electrons. The highest BCUT2D eigenvalue weighted by Gasteiger charge is 2.44. The summed E-state index contributed by atoms with van der Waals surface area (Å²) in [6, 6.07) is 0.229. The van der Waals surface area contributed by atoms with Crippen molar-refractivity contribution in [1.29, 1.82) is 0 Å². The van der Waals surface area contributed by atoms with Crippen LogP contribution in [0.25, 0.3) is 0 Å². The van der Waals surface area contributed by atoms with Crippen molar-refractivity contribution >= 4 is 5.91 Å². The number of allylic oxidation sites excluding steroid dienone is 1. The zero-order valence-electron chi connectivity index (χ0n) is 12.2. The summed E-state index contributed by atoms with van der Waals surface area (Å²) in [5.74, 6) is 0.679. The summed E-state index contributed by atoms with van der Waals surface area (Å²) in [7, 11) is 0. The molecule has 1 saturated carbocycles. The monoisotopic (exact) mass is 252 g/mol. The average molecular weight is 252 g/mol. The summed E-state index contributed by atoms with van der Waals surface area (Å²) < 4.78 is 0. The van der Waals surface area contributed by atoms with E-state index in [1.165, 1.54) is 0 Å². The standard InChI is InChI=1S/C15H28N2O/c1-5-6-7-10-17-14(18)12-8-9-13(16)11(2)15(12,3)4/h5-6,11-13H,7-10,16H2,1-4H3,(H,17,18)/b6-5+. The highest BCUT2D eigenvalue weighted by molar-refractivity contribution is 5.79. The number of hydrogen-bond donors (Lipinski definition) is 2. The van der Waals surface area contributed by atoms with Crippen LogP contribution in [0.3, 0.4) is 0 Å². The van der Waals surface area contributed by atoms with Crippen molar-refractivity contribution in [3.8, 4) is 0 Å². The first kappa shape index (κ1) is 15.2. The van der Waals surface area contributed by atoms with Crippen LogP contribution in [-0.2, 0) is 4.79 Å². The first-order chi connectivity index (χ1) is 8.41. The molecular weight excluding hydrogens is 224 g/mol. The van der Waals surface area contributed by atoms with Crippen LogP contribution >= 0.6 is 0 Å². The lowest BCUT2D eigenvalue weighted by molar-refractivity contribution is -0.132. The van der Waals surface area contributed by atoms with Crippen molar-refractivity contribution in [2.75, 3.05) is 6.54 Å². The molecule has 0 aromatic carbocycles. The van der Waals surface area contributed by atoms with Crippen molar-refractivity contribution in [3.05, 3.63) is 12.2 Å². The van der Waals surface area contributed by atoms with Crippen molar-refractivity contribution < 1.29 is 4.79 Å². The molecule has 3 atom stereocenters. The van der Waals surface area contributed by atoms with Gasteiger partial charge in [-0.2, -0.15) is 0 Å². The van der Waals surface area contributed by atoms with E-state index < -0.39 is 0 Å². The number of hydrogen-bond acceptors (Lipinski definition) is 2. The fraction of sp³-hybridized carbons (Fsp3) is 0.800. The Morgan fingerprint density at radius 3 is 2.72 bits per heavy atom. The second-order valence-electron chi connectivity index (χ2n) is 6.05. The number of carbonyl (C=O) groups is 1. The molecule has 1 amide bonds. The summed E-state index contributed by atoms with van der Waals surface area (Å²) in [6.45, 7) is 9.25. The van der Waals surface area contributed by atoms with E-state index in [0.29, 0.717) is 5.92 Å². The molecule has 3 N–H and O–H groups in total. The molecule has 0 heterocycles. The summed E-state index contributed by atoms with van der Waals surface area (Å²) in [5, 5.41) is 3.05. The molecule has 3 nitrogen and oxygen atoms in total. The number of amides is 1. The summed E-state index contributed by atoms with van der Waals surface area (Å²) in [5.41, 5.74) is 6.10. The van der Waals surface area contributed by atoms with Gasteiger partial charge < -0.3 is 11.1 Å². The van der Waals surface area contributed by atoms with E-state index >= 15 is 0 Å². The Labute approximate surface area is 111 Å². The summed E-state index contributed by atoms with van der Waals surface area (Å²) in [6.07, 6.45) is 6.86. The van der Waals surface area contributed by atoms with Crippen LogP contribution in [0.5, 0.6) is 0 Å². The maximum absolute atomic E-state index is 12.3. The van der Waals surface area contributed by atoms with Crippen LogP contribution in [0, 0.1) is 17.3 Å². The van der Waals surface area contributed by atoms with Gasteiger partial charge in [0.1, 0.15) is 0 Å². The Bertz CT molecular complexity index is 310. The molecule has 3 heteroatoms. The van der Waals surface area contributed by atoms with Gasteiger partial charge in [-0.25, -0.2) is 0 Å². The third-order valence-electron chi connectivity index (χ3n) is 4.67. The molecule has 1 fully saturated rings. The quantitative estimate of drug-likeness (QED) is 0.596. The molecular formula is C15H28N2O. The largest absolute Gasteiger partial charge is 0.356 e. The number of rotatable bonds is 4. The first-order valence-electron chi connectivity index (χ1n) is 7.05. The van der Waals surface area contributed by atoms with Gasteiger partial charge in [-0.3, -0.25) is 4.79 Å². The van der Waals surface area contributed by atoms with E-state index in [0.717, 1.165) is 25.8 Å². The van der Waals surface area contributed by atoms with Crippen LogP contribution < -0.4 is 11.1 Å². The highest BCUT2D eigenvalue weighted by Crippen LogP contribution is 2.44. The van der Waals surface area contributed by atoms with Crippen LogP contribution in [-0.4, -0.2) is 18.5 Å². The predicted octanol–water partition coefficient (Wildman–Crippen LogP) is 2.47. The van der Waals surface area contributed by atoms with Crippen LogP contribution in [0.1, 0.15) is 47.0 Å². The number of carbonyl (C=O) groups excluding carboxylic acids is 1. The Morgan fingerprint density at radius 1 is 1.44 bits per heavy atom. The van der Waals surface area contributed by atoms with Crippen molar-refractivity contribution in [3.63, 3.8) is 0 Å². The van der Waals surface area contributed by atoms with Crippen molar-refractivity contribution in [1.82, 2.24) is 5.32 Å². The van der Waals surface area contributed by atoms with Gasteiger partial charge in [-0.1, -0.05) is 32.9 Å². The van der Waals surface area contributed by atoms with Crippen LogP contribution in [0.2, 0.25) is 0 Å². The Morgan fingerprint density at radius 2 is 2.11 bits per heavy atom. The Balaban J connectivity index is 2.56. The molecule has 3 unspecified atom stereocenters. The fourth-order valence-electron chi connectivity index (χ4n) is 2.89. The zero-order valence-corrected chi connectivity index (χ0v) is 12.2. The first-order valence-corrected chi connectivity index (χ1v) is 7.05. The van der Waals surface area contributed by atoms with Gasteiger partial charge in [0.15, 0.2) is 0 Å². The molecule has 1 aliphatic carbocycles. The number of nitrogens with one attached hydrogen (secondary N) is 1. The van der Waals surface area contributed by atoms with Gasteiger partial charge in [0.05, 0.1) is 0 Å². The summed E-state index contributed by atoms with van der Waals surface area (Å²) in [4.78, 5) is 12.3. The normalized spacial score (nSPS) is 31.5. The van der Waals surface area contributed by atoms with Gasteiger partial charge >= 0.3 is 0 Å². The lowest BCUT2D eigenvalue weighted by Crippen LogP contribution is -2.51. The van der Waals surface area contributed by atoms with E-state index in [2.05, 4.69) is 32.2 Å². The minimum Gasteiger partial charge on any atom is -0.356 e. The van der Waals surface area contributed by atoms with Gasteiger partial charge in [-0.15, -0.1) is 0 Å². The minimum atomic E-state index is -0.0116. The predicted molar refractivity (Wildman–Crippen MR) is 76.1 cm³/mol. The lowest BCUT2D eigenvalue weighted by atomic mass is 9.61. The smallest absolute Gasteiger partial charge is 0.223 e. The third kappa shape index (κ3) is 3.35. The maximum atomic E-state index is 12.3. The SMILES string of the molecule is C/C=C/CCNC(=O)C1CCC(N)C(C)C1(C)C. The highest BCUT2D eigenvalue weighted by atomic mass is 16.1. The van der Waals surface area contributed by atoms with E-state index in [4.69, 9.17) is 5.73 Å².